The van der Waals surface area contributed by atoms with E-state index in [0.29, 0.717) is 17.1 Å². The van der Waals surface area contributed by atoms with Gasteiger partial charge in [0.15, 0.2) is 0 Å². The van der Waals surface area contributed by atoms with Crippen molar-refractivity contribution < 1.29 is 5.11 Å². The Kier molecular flexibility index (Phi) is 5.51. The van der Waals surface area contributed by atoms with Crippen LogP contribution in [0.15, 0.2) is 24.0 Å². The van der Waals surface area contributed by atoms with Crippen molar-refractivity contribution in [2.45, 2.75) is 92.4 Å². The minimum atomic E-state index is 0.275. The summed E-state index contributed by atoms with van der Waals surface area (Å²) in [6.45, 7) is 12.5. The molecule has 0 bridgehead atoms. The second-order valence-corrected chi connectivity index (χ2v) is 11.9. The quantitative estimate of drug-likeness (QED) is 0.510. The van der Waals surface area contributed by atoms with Crippen LogP contribution in [0, 0.1) is 52.3 Å². The van der Waals surface area contributed by atoms with Gasteiger partial charge in [0.2, 0.25) is 0 Å². The van der Waals surface area contributed by atoms with Gasteiger partial charge in [-0.3, -0.25) is 0 Å². The molecule has 0 amide bonds. The Bertz CT molecular complexity index is 630. The summed E-state index contributed by atoms with van der Waals surface area (Å²) in [7, 11) is 0. The van der Waals surface area contributed by atoms with Crippen LogP contribution in [0.2, 0.25) is 0 Å². The zero-order valence-corrected chi connectivity index (χ0v) is 19.1. The van der Waals surface area contributed by atoms with Crippen LogP contribution in [0.4, 0.5) is 0 Å². The first-order chi connectivity index (χ1) is 13.3. The van der Waals surface area contributed by atoms with E-state index in [-0.39, 0.29) is 5.41 Å². The molecule has 158 valence electrons. The Balaban J connectivity index is 1.49. The van der Waals surface area contributed by atoms with Crippen LogP contribution in [0.3, 0.4) is 0 Å². The lowest BCUT2D eigenvalue weighted by molar-refractivity contribution is -0.0741. The molecule has 0 heterocycles. The van der Waals surface area contributed by atoms with Gasteiger partial charge in [-0.05, 0) is 103 Å². The van der Waals surface area contributed by atoms with E-state index >= 15 is 0 Å². The Morgan fingerprint density at radius 3 is 2.54 bits per heavy atom. The number of aliphatic hydroxyl groups excluding tert-OH is 1. The van der Waals surface area contributed by atoms with E-state index in [0.717, 1.165) is 35.5 Å². The molecule has 4 rings (SSSR count). The van der Waals surface area contributed by atoms with E-state index in [9.17, 15) is 5.11 Å². The summed E-state index contributed by atoms with van der Waals surface area (Å²) < 4.78 is 0. The van der Waals surface area contributed by atoms with Gasteiger partial charge in [-0.1, -0.05) is 60.0 Å². The summed E-state index contributed by atoms with van der Waals surface area (Å²) >= 11 is 0. The van der Waals surface area contributed by atoms with Gasteiger partial charge in [-0.25, -0.2) is 0 Å². The van der Waals surface area contributed by atoms with Crippen molar-refractivity contribution in [1.82, 2.24) is 0 Å². The summed E-state index contributed by atoms with van der Waals surface area (Å²) in [5, 5.41) is 10.0. The Morgan fingerprint density at radius 2 is 1.79 bits per heavy atom. The van der Waals surface area contributed by atoms with Crippen LogP contribution < -0.4 is 0 Å². The molecule has 3 fully saturated rings. The molecule has 8 atom stereocenters. The highest BCUT2D eigenvalue weighted by molar-refractivity contribution is 5.27. The smallest absolute Gasteiger partial charge is 0.111 e. The lowest BCUT2D eigenvalue weighted by Gasteiger charge is -2.58. The highest BCUT2D eigenvalue weighted by Gasteiger charge is 2.59. The predicted octanol–water partition coefficient (Wildman–Crippen LogP) is 7.94. The topological polar surface area (TPSA) is 20.2 Å². The van der Waals surface area contributed by atoms with E-state index in [2.05, 4.69) is 46.8 Å². The summed E-state index contributed by atoms with van der Waals surface area (Å²) in [4.78, 5) is 0. The molecule has 4 aliphatic carbocycles. The first-order valence-electron chi connectivity index (χ1n) is 12.4. The number of fused-ring (bicyclic) bond motifs is 5. The van der Waals surface area contributed by atoms with Gasteiger partial charge >= 0.3 is 0 Å². The van der Waals surface area contributed by atoms with Crippen LogP contribution in [-0.2, 0) is 0 Å². The van der Waals surface area contributed by atoms with Crippen molar-refractivity contribution in [3.05, 3.63) is 24.0 Å². The maximum atomic E-state index is 10.0. The number of rotatable bonds is 5. The zero-order chi connectivity index (χ0) is 20.1. The number of hydrogen-bond donors (Lipinski definition) is 1. The first-order valence-corrected chi connectivity index (χ1v) is 12.4. The molecule has 0 saturated heterocycles. The van der Waals surface area contributed by atoms with Crippen molar-refractivity contribution in [2.24, 2.45) is 52.3 Å². The first kappa shape index (κ1) is 20.5. The Hall–Kier alpha value is -0.720. The molecule has 0 radical (unpaired) electrons. The van der Waals surface area contributed by atoms with E-state index in [4.69, 9.17) is 0 Å². The molecule has 0 spiro atoms. The molecule has 3 saturated carbocycles. The van der Waals surface area contributed by atoms with Crippen molar-refractivity contribution >= 4 is 0 Å². The molecule has 1 nitrogen and oxygen atoms in total. The highest BCUT2D eigenvalue weighted by Crippen LogP contribution is 2.67. The predicted molar refractivity (Wildman–Crippen MR) is 119 cm³/mol. The summed E-state index contributed by atoms with van der Waals surface area (Å²) in [5.74, 6) is 6.41. The number of hydrogen-bond acceptors (Lipinski definition) is 1. The minimum Gasteiger partial charge on any atom is -0.508 e. The van der Waals surface area contributed by atoms with E-state index in [1.807, 2.05) is 6.08 Å². The Labute approximate surface area is 174 Å². The average Bonchev–Trinajstić information content (AvgIpc) is 2.99. The van der Waals surface area contributed by atoms with Gasteiger partial charge < -0.3 is 5.11 Å². The monoisotopic (exact) mass is 384 g/mol. The molecule has 0 aromatic carbocycles. The molecule has 1 heteroatoms. The maximum absolute atomic E-state index is 10.0. The van der Waals surface area contributed by atoms with E-state index in [1.165, 1.54) is 57.8 Å². The van der Waals surface area contributed by atoms with Crippen molar-refractivity contribution in [3.8, 4) is 0 Å². The summed E-state index contributed by atoms with van der Waals surface area (Å²) in [6.07, 6.45) is 19.2. The lowest BCUT2D eigenvalue weighted by atomic mass is 9.46. The largest absolute Gasteiger partial charge is 0.508 e. The Morgan fingerprint density at radius 1 is 1.00 bits per heavy atom. The molecule has 1 unspecified atom stereocenters. The van der Waals surface area contributed by atoms with Crippen LogP contribution in [-0.4, -0.2) is 5.11 Å². The molecule has 0 aromatic heterocycles. The molecular formula is C27H44O. The standard InChI is InChI=1S/C27H44O/c1-18(2)7-6-8-19(3)23-11-12-24-22-10-9-20-17-21(28)13-15-26(20,4)25(22)14-16-27(23,24)5/h13,15,17-20,22-25,28H,6-12,14,16H2,1-5H3/t19-,20?,22+,23-,24+,25+,26+,27-/m1/s1. The average molecular weight is 385 g/mol. The molecule has 0 aliphatic heterocycles. The molecule has 0 aromatic rings. The maximum Gasteiger partial charge on any atom is 0.111 e. The fourth-order valence-electron chi connectivity index (χ4n) is 8.48. The van der Waals surface area contributed by atoms with E-state index in [1.54, 1.807) is 0 Å². The van der Waals surface area contributed by atoms with Crippen LogP contribution >= 0.6 is 0 Å². The van der Waals surface area contributed by atoms with Crippen molar-refractivity contribution in [3.63, 3.8) is 0 Å². The van der Waals surface area contributed by atoms with Gasteiger partial charge in [0.1, 0.15) is 5.76 Å². The summed E-state index contributed by atoms with van der Waals surface area (Å²) in [5.41, 5.74) is 0.857. The van der Waals surface area contributed by atoms with Gasteiger partial charge in [0, 0.05) is 0 Å². The molecule has 4 aliphatic rings. The fraction of sp³-hybridized carbons (Fsp3) is 0.852. The van der Waals surface area contributed by atoms with Gasteiger partial charge in [-0.2, -0.15) is 0 Å². The molecule has 28 heavy (non-hydrogen) atoms. The van der Waals surface area contributed by atoms with Gasteiger partial charge in [-0.15, -0.1) is 0 Å². The third-order valence-electron chi connectivity index (χ3n) is 10.0. The van der Waals surface area contributed by atoms with Crippen molar-refractivity contribution in [1.29, 1.82) is 0 Å². The lowest BCUT2D eigenvalue weighted by Crippen LogP contribution is -2.51. The zero-order valence-electron chi connectivity index (χ0n) is 19.1. The second kappa shape index (κ2) is 7.51. The second-order valence-electron chi connectivity index (χ2n) is 11.9. The van der Waals surface area contributed by atoms with Gasteiger partial charge in [0.05, 0.1) is 0 Å². The third-order valence-corrected chi connectivity index (χ3v) is 10.0. The normalized spacial score (nSPS) is 45.9. The highest BCUT2D eigenvalue weighted by atomic mass is 16.3. The number of allylic oxidation sites excluding steroid dienone is 3. The summed E-state index contributed by atoms with van der Waals surface area (Å²) in [6, 6.07) is 0. The van der Waals surface area contributed by atoms with Crippen LogP contribution in [0.5, 0.6) is 0 Å². The van der Waals surface area contributed by atoms with Crippen molar-refractivity contribution in [2.75, 3.05) is 0 Å². The van der Waals surface area contributed by atoms with Gasteiger partial charge in [0.25, 0.3) is 0 Å². The minimum absolute atomic E-state index is 0.275. The van der Waals surface area contributed by atoms with E-state index < -0.39 is 0 Å². The van der Waals surface area contributed by atoms with Crippen LogP contribution in [0.1, 0.15) is 92.4 Å². The number of aliphatic hydroxyl groups is 1. The molecular weight excluding hydrogens is 340 g/mol. The fourth-order valence-corrected chi connectivity index (χ4v) is 8.48. The van der Waals surface area contributed by atoms with Crippen LogP contribution in [0.25, 0.3) is 0 Å². The SMILES string of the molecule is CC(C)CCC[C@@H](C)[C@H]1CC[C@H]2[C@@H]3CCC4C=C(O)C=C[C@]4(C)[C@H]3CC[C@]12C. The molecule has 1 N–H and O–H groups in total. The third kappa shape index (κ3) is 3.29.